The molecule has 5 heteroatoms. The Morgan fingerprint density at radius 3 is 2.95 bits per heavy atom. The van der Waals surface area contributed by atoms with E-state index in [1.807, 2.05) is 36.5 Å². The molecular formula is C15H21N2O3+. The van der Waals surface area contributed by atoms with Crippen LogP contribution in [-0.2, 0) is 6.54 Å². The second-order valence-electron chi connectivity index (χ2n) is 4.66. The smallest absolute Gasteiger partial charge is 0.257 e. The number of nitrogens with two attached hydrogens (primary N) is 1. The maximum atomic E-state index is 12.0. The first-order valence-corrected chi connectivity index (χ1v) is 6.96. The van der Waals surface area contributed by atoms with Crippen molar-refractivity contribution in [1.82, 2.24) is 4.98 Å². The number of hydrogen-bond acceptors (Lipinski definition) is 3. The first kappa shape index (κ1) is 14.6. The second kappa shape index (κ2) is 7.07. The van der Waals surface area contributed by atoms with E-state index in [0.717, 1.165) is 35.2 Å². The van der Waals surface area contributed by atoms with Gasteiger partial charge in [0.2, 0.25) is 0 Å². The fourth-order valence-electron chi connectivity index (χ4n) is 2.13. The number of aromatic amines is 1. The van der Waals surface area contributed by atoms with Gasteiger partial charge in [-0.3, -0.25) is 4.79 Å². The van der Waals surface area contributed by atoms with E-state index in [9.17, 15) is 4.79 Å². The molecule has 0 radical (unpaired) electrons. The summed E-state index contributed by atoms with van der Waals surface area (Å²) in [6.07, 6.45) is 0.736. The number of hydrogen-bond donors (Lipinski definition) is 3. The molecule has 0 atom stereocenters. The van der Waals surface area contributed by atoms with Crippen molar-refractivity contribution in [2.45, 2.75) is 19.9 Å². The molecule has 0 fully saturated rings. The summed E-state index contributed by atoms with van der Waals surface area (Å²) >= 11 is 0. The molecule has 0 unspecified atom stereocenters. The van der Waals surface area contributed by atoms with Crippen LogP contribution in [0.2, 0.25) is 0 Å². The van der Waals surface area contributed by atoms with E-state index in [4.69, 9.17) is 9.84 Å². The fourth-order valence-corrected chi connectivity index (χ4v) is 2.13. The molecule has 0 saturated carbocycles. The first-order valence-electron chi connectivity index (χ1n) is 6.96. The van der Waals surface area contributed by atoms with Gasteiger partial charge in [0, 0.05) is 23.9 Å². The highest BCUT2D eigenvalue weighted by molar-refractivity contribution is 5.80. The van der Waals surface area contributed by atoms with Crippen molar-refractivity contribution in [3.8, 4) is 5.75 Å². The molecule has 5 nitrogen and oxygen atoms in total. The highest BCUT2D eigenvalue weighted by Gasteiger charge is 2.05. The zero-order chi connectivity index (χ0) is 14.4. The lowest BCUT2D eigenvalue weighted by Gasteiger charge is -2.06. The van der Waals surface area contributed by atoms with Crippen LogP contribution in [0.25, 0.3) is 10.9 Å². The van der Waals surface area contributed by atoms with Crippen LogP contribution in [-0.4, -0.2) is 29.8 Å². The third-order valence-corrected chi connectivity index (χ3v) is 3.13. The van der Waals surface area contributed by atoms with E-state index < -0.39 is 0 Å². The van der Waals surface area contributed by atoms with Crippen molar-refractivity contribution < 1.29 is 15.2 Å². The van der Waals surface area contributed by atoms with Gasteiger partial charge in [-0.15, -0.1) is 0 Å². The quantitative estimate of drug-likeness (QED) is 0.640. The number of aliphatic hydroxyl groups is 1. The monoisotopic (exact) mass is 277 g/mol. The summed E-state index contributed by atoms with van der Waals surface area (Å²) in [5.74, 6) is 0.808. The Morgan fingerprint density at radius 1 is 1.35 bits per heavy atom. The molecule has 1 aromatic heterocycles. The molecule has 2 aromatic rings. The topological polar surface area (TPSA) is 78.9 Å². The summed E-state index contributed by atoms with van der Waals surface area (Å²) in [7, 11) is 0. The van der Waals surface area contributed by atoms with Gasteiger partial charge in [-0.1, -0.05) is 0 Å². The Morgan fingerprint density at radius 2 is 2.20 bits per heavy atom. The number of aliphatic hydroxyl groups excluding tert-OH is 1. The van der Waals surface area contributed by atoms with E-state index in [1.54, 1.807) is 0 Å². The summed E-state index contributed by atoms with van der Waals surface area (Å²) < 4.78 is 5.47. The largest absolute Gasteiger partial charge is 0.494 e. The zero-order valence-corrected chi connectivity index (χ0v) is 11.7. The number of benzene rings is 1. The molecule has 0 spiro atoms. The Hall–Kier alpha value is -1.85. The van der Waals surface area contributed by atoms with Crippen LogP contribution in [0.15, 0.2) is 29.1 Å². The van der Waals surface area contributed by atoms with Gasteiger partial charge in [0.25, 0.3) is 5.56 Å². The van der Waals surface area contributed by atoms with Gasteiger partial charge in [0.05, 0.1) is 18.7 Å². The summed E-state index contributed by atoms with van der Waals surface area (Å²) in [6, 6.07) is 7.56. The predicted molar refractivity (Wildman–Crippen MR) is 77.9 cm³/mol. The fraction of sp³-hybridized carbons (Fsp3) is 0.400. The third-order valence-electron chi connectivity index (χ3n) is 3.13. The lowest BCUT2D eigenvalue weighted by atomic mass is 10.1. The Labute approximate surface area is 117 Å². The Bertz CT molecular complexity index is 622. The lowest BCUT2D eigenvalue weighted by Crippen LogP contribution is -2.83. The van der Waals surface area contributed by atoms with Crippen molar-refractivity contribution in [2.75, 3.05) is 19.8 Å². The van der Waals surface area contributed by atoms with Crippen LogP contribution in [0.1, 0.15) is 18.9 Å². The van der Waals surface area contributed by atoms with Gasteiger partial charge in [-0.25, -0.2) is 0 Å². The van der Waals surface area contributed by atoms with Gasteiger partial charge in [-0.05, 0) is 31.2 Å². The number of H-pyrrole nitrogens is 1. The van der Waals surface area contributed by atoms with Crippen molar-refractivity contribution in [1.29, 1.82) is 0 Å². The van der Waals surface area contributed by atoms with E-state index in [0.29, 0.717) is 13.2 Å². The summed E-state index contributed by atoms with van der Waals surface area (Å²) in [4.78, 5) is 14.8. The standard InChI is InChI=1S/C15H20N2O3/c1-2-20-13-4-5-14-11(9-13)8-12(15(19)17-14)10-16-6-3-7-18/h4-5,8-9,16,18H,2-3,6-7,10H2,1H3,(H,17,19)/p+1. The molecular weight excluding hydrogens is 256 g/mol. The van der Waals surface area contributed by atoms with Gasteiger partial charge in [0.15, 0.2) is 0 Å². The van der Waals surface area contributed by atoms with Crippen LogP contribution in [0.4, 0.5) is 0 Å². The van der Waals surface area contributed by atoms with Crippen LogP contribution >= 0.6 is 0 Å². The maximum absolute atomic E-state index is 12.0. The maximum Gasteiger partial charge on any atom is 0.257 e. The molecule has 20 heavy (non-hydrogen) atoms. The molecule has 4 N–H and O–H groups in total. The molecule has 1 aromatic carbocycles. The van der Waals surface area contributed by atoms with Gasteiger partial charge in [0.1, 0.15) is 12.3 Å². The number of pyridine rings is 1. The Kier molecular flexibility index (Phi) is 5.15. The van der Waals surface area contributed by atoms with Gasteiger partial charge in [-0.2, -0.15) is 0 Å². The first-order chi connectivity index (χ1) is 9.74. The minimum absolute atomic E-state index is 0.0538. The number of quaternary nitrogens is 1. The minimum atomic E-state index is -0.0538. The third kappa shape index (κ3) is 3.59. The van der Waals surface area contributed by atoms with E-state index in [1.165, 1.54) is 0 Å². The SMILES string of the molecule is CCOc1ccc2[nH]c(=O)c(C[NH2+]CCCO)cc2c1. The molecule has 0 bridgehead atoms. The lowest BCUT2D eigenvalue weighted by molar-refractivity contribution is -0.671. The van der Waals surface area contributed by atoms with Crippen LogP contribution in [0, 0.1) is 0 Å². The number of nitrogens with one attached hydrogen (secondary N) is 1. The van der Waals surface area contributed by atoms with Gasteiger partial charge >= 0.3 is 0 Å². The molecule has 1 heterocycles. The van der Waals surface area contributed by atoms with Crippen molar-refractivity contribution >= 4 is 10.9 Å². The molecule has 0 aliphatic heterocycles. The van der Waals surface area contributed by atoms with E-state index in [-0.39, 0.29) is 12.2 Å². The van der Waals surface area contributed by atoms with Gasteiger partial charge < -0.3 is 20.1 Å². The summed E-state index contributed by atoms with van der Waals surface area (Å²) in [6.45, 7) is 4.18. The Balaban J connectivity index is 2.21. The number of rotatable bonds is 7. The van der Waals surface area contributed by atoms with Crippen molar-refractivity contribution in [2.24, 2.45) is 0 Å². The molecule has 0 aliphatic rings. The highest BCUT2D eigenvalue weighted by atomic mass is 16.5. The molecule has 0 amide bonds. The van der Waals surface area contributed by atoms with E-state index >= 15 is 0 Å². The second-order valence-corrected chi connectivity index (χ2v) is 4.66. The number of ether oxygens (including phenoxy) is 1. The van der Waals surface area contributed by atoms with Crippen LogP contribution in [0.5, 0.6) is 5.75 Å². The molecule has 0 saturated heterocycles. The highest BCUT2D eigenvalue weighted by Crippen LogP contribution is 2.18. The van der Waals surface area contributed by atoms with Crippen molar-refractivity contribution in [3.05, 3.63) is 40.2 Å². The number of aromatic nitrogens is 1. The van der Waals surface area contributed by atoms with Crippen LogP contribution < -0.4 is 15.6 Å². The minimum Gasteiger partial charge on any atom is -0.494 e. The average molecular weight is 277 g/mol. The summed E-state index contributed by atoms with van der Waals surface area (Å²) in [5, 5.41) is 11.7. The predicted octanol–water partition coefficient (Wildman–Crippen LogP) is 0.373. The zero-order valence-electron chi connectivity index (χ0n) is 11.7. The van der Waals surface area contributed by atoms with E-state index in [2.05, 4.69) is 4.98 Å². The normalized spacial score (nSPS) is 10.9. The van der Waals surface area contributed by atoms with Crippen molar-refractivity contribution in [3.63, 3.8) is 0 Å². The average Bonchev–Trinajstić information content (AvgIpc) is 2.44. The number of fused-ring (bicyclic) bond motifs is 1. The molecule has 108 valence electrons. The molecule has 2 rings (SSSR count). The molecule has 0 aliphatic carbocycles. The van der Waals surface area contributed by atoms with Crippen LogP contribution in [0.3, 0.4) is 0 Å². The summed E-state index contributed by atoms with van der Waals surface area (Å²) in [5.41, 5.74) is 1.50.